The number of nitrogens with zero attached hydrogens (tertiary/aromatic N) is 5. The van der Waals surface area contributed by atoms with Crippen LogP contribution in [0.1, 0.15) is 5.56 Å². The van der Waals surface area contributed by atoms with Crippen molar-refractivity contribution in [3.63, 3.8) is 0 Å². The van der Waals surface area contributed by atoms with E-state index in [0.29, 0.717) is 27.9 Å². The van der Waals surface area contributed by atoms with Crippen LogP contribution in [0, 0.1) is 0 Å². The summed E-state index contributed by atoms with van der Waals surface area (Å²) in [5, 5.41) is 16.3. The SMILES string of the molecule is O=C(Cn1nnc(-c2ccccc2Cl)n1)N/N=C/c1ccc2c(c1)OCO2. The quantitative estimate of drug-likeness (QED) is 0.532. The molecule has 0 aliphatic carbocycles. The predicted molar refractivity (Wildman–Crippen MR) is 96.6 cm³/mol. The molecular formula is C17H13ClN6O3. The van der Waals surface area contributed by atoms with E-state index in [4.69, 9.17) is 21.1 Å². The second-order valence-electron chi connectivity index (χ2n) is 5.53. The molecule has 2 aromatic carbocycles. The molecule has 1 aromatic heterocycles. The van der Waals surface area contributed by atoms with E-state index in [0.717, 1.165) is 5.56 Å². The van der Waals surface area contributed by atoms with E-state index in [1.165, 1.54) is 11.0 Å². The molecule has 0 unspecified atom stereocenters. The average Bonchev–Trinajstić information content (AvgIpc) is 3.31. The Hall–Kier alpha value is -3.46. The van der Waals surface area contributed by atoms with Crippen molar-refractivity contribution in [3.8, 4) is 22.9 Å². The van der Waals surface area contributed by atoms with Crippen molar-refractivity contribution in [1.82, 2.24) is 25.6 Å². The number of tetrazole rings is 1. The summed E-state index contributed by atoms with van der Waals surface area (Å²) < 4.78 is 10.5. The molecule has 1 N–H and O–H groups in total. The number of halogens is 1. The molecule has 4 rings (SSSR count). The van der Waals surface area contributed by atoms with Crippen LogP contribution >= 0.6 is 11.6 Å². The minimum Gasteiger partial charge on any atom is -0.454 e. The number of aromatic nitrogens is 4. The van der Waals surface area contributed by atoms with Crippen molar-refractivity contribution in [1.29, 1.82) is 0 Å². The Morgan fingerprint density at radius 2 is 2.11 bits per heavy atom. The fourth-order valence-electron chi connectivity index (χ4n) is 2.40. The van der Waals surface area contributed by atoms with Crippen LogP contribution in [0.25, 0.3) is 11.4 Å². The van der Waals surface area contributed by atoms with E-state index >= 15 is 0 Å². The standard InChI is InChI=1S/C17H13ClN6O3/c18-13-4-2-1-3-12(13)17-21-23-24(22-17)9-16(25)20-19-8-11-5-6-14-15(7-11)27-10-26-14/h1-8H,9-10H2,(H,20,25)/b19-8+. The van der Waals surface area contributed by atoms with Crippen LogP contribution in [0.5, 0.6) is 11.5 Å². The highest BCUT2D eigenvalue weighted by Gasteiger charge is 2.13. The highest BCUT2D eigenvalue weighted by atomic mass is 35.5. The van der Waals surface area contributed by atoms with Gasteiger partial charge in [0.1, 0.15) is 6.54 Å². The van der Waals surface area contributed by atoms with Gasteiger partial charge in [-0.25, -0.2) is 5.43 Å². The molecule has 136 valence electrons. The van der Waals surface area contributed by atoms with Crippen molar-refractivity contribution >= 4 is 23.7 Å². The number of benzene rings is 2. The molecule has 27 heavy (non-hydrogen) atoms. The van der Waals surface area contributed by atoms with Crippen molar-refractivity contribution in [2.75, 3.05) is 6.79 Å². The molecule has 3 aromatic rings. The molecule has 0 saturated heterocycles. The van der Waals surface area contributed by atoms with E-state index in [-0.39, 0.29) is 13.3 Å². The third kappa shape index (κ3) is 3.87. The number of carbonyl (C=O) groups excluding carboxylic acids is 1. The second-order valence-corrected chi connectivity index (χ2v) is 5.94. The maximum Gasteiger partial charge on any atom is 0.263 e. The first-order valence-corrected chi connectivity index (χ1v) is 8.31. The van der Waals surface area contributed by atoms with Crippen LogP contribution in [0.3, 0.4) is 0 Å². The summed E-state index contributed by atoms with van der Waals surface area (Å²) in [5.41, 5.74) is 3.82. The van der Waals surface area contributed by atoms with Gasteiger partial charge in [-0.15, -0.1) is 10.2 Å². The molecule has 0 saturated carbocycles. The van der Waals surface area contributed by atoms with Crippen LogP contribution in [-0.2, 0) is 11.3 Å². The van der Waals surface area contributed by atoms with E-state index < -0.39 is 5.91 Å². The second kappa shape index (κ2) is 7.42. The molecule has 1 aliphatic heterocycles. The Labute approximate surface area is 158 Å². The van der Waals surface area contributed by atoms with Gasteiger partial charge in [0, 0.05) is 5.56 Å². The number of amides is 1. The first-order chi connectivity index (χ1) is 13.2. The number of carbonyl (C=O) groups is 1. The van der Waals surface area contributed by atoms with Gasteiger partial charge in [0.25, 0.3) is 5.91 Å². The van der Waals surface area contributed by atoms with Crippen LogP contribution < -0.4 is 14.9 Å². The molecule has 0 fully saturated rings. The Morgan fingerprint density at radius 3 is 3.00 bits per heavy atom. The van der Waals surface area contributed by atoms with Gasteiger partial charge in [-0.1, -0.05) is 23.7 Å². The molecule has 0 atom stereocenters. The zero-order valence-corrected chi connectivity index (χ0v) is 14.6. The van der Waals surface area contributed by atoms with Gasteiger partial charge >= 0.3 is 0 Å². The third-order valence-electron chi connectivity index (χ3n) is 3.65. The van der Waals surface area contributed by atoms with Crippen LogP contribution in [0.4, 0.5) is 0 Å². The Morgan fingerprint density at radius 1 is 1.26 bits per heavy atom. The number of hydrogen-bond donors (Lipinski definition) is 1. The van der Waals surface area contributed by atoms with Gasteiger partial charge in [-0.05, 0) is 41.1 Å². The third-order valence-corrected chi connectivity index (χ3v) is 3.98. The van der Waals surface area contributed by atoms with E-state index in [1.807, 2.05) is 12.1 Å². The number of hydrazone groups is 1. The average molecular weight is 385 g/mol. The molecule has 0 radical (unpaired) electrons. The topological polar surface area (TPSA) is 104 Å². The molecule has 2 heterocycles. The minimum absolute atomic E-state index is 0.129. The lowest BCUT2D eigenvalue weighted by Crippen LogP contribution is -2.24. The summed E-state index contributed by atoms with van der Waals surface area (Å²) in [4.78, 5) is 13.1. The summed E-state index contributed by atoms with van der Waals surface area (Å²) in [5.74, 6) is 1.28. The Balaban J connectivity index is 1.35. The Bertz CT molecular complexity index is 1020. The molecule has 0 spiro atoms. The number of nitrogens with one attached hydrogen (secondary N) is 1. The first-order valence-electron chi connectivity index (χ1n) is 7.93. The van der Waals surface area contributed by atoms with Crippen molar-refractivity contribution in [2.24, 2.45) is 5.10 Å². The van der Waals surface area contributed by atoms with E-state index in [9.17, 15) is 4.79 Å². The normalized spacial score (nSPS) is 12.5. The first kappa shape index (κ1) is 17.0. The largest absolute Gasteiger partial charge is 0.454 e. The maximum atomic E-state index is 12.0. The lowest BCUT2D eigenvalue weighted by atomic mass is 10.2. The zero-order valence-electron chi connectivity index (χ0n) is 13.9. The molecule has 9 nitrogen and oxygen atoms in total. The van der Waals surface area contributed by atoms with E-state index in [1.54, 1.807) is 30.3 Å². The van der Waals surface area contributed by atoms with Crippen molar-refractivity contribution in [2.45, 2.75) is 6.54 Å². The van der Waals surface area contributed by atoms with E-state index in [2.05, 4.69) is 25.9 Å². The fraction of sp³-hybridized carbons (Fsp3) is 0.118. The number of rotatable bonds is 5. The summed E-state index contributed by atoms with van der Waals surface area (Å²) in [6, 6.07) is 12.5. The monoisotopic (exact) mass is 384 g/mol. The number of ether oxygens (including phenoxy) is 2. The molecular weight excluding hydrogens is 372 g/mol. The van der Waals surface area contributed by atoms with Gasteiger partial charge in [-0.2, -0.15) is 9.90 Å². The molecule has 10 heteroatoms. The molecule has 0 bridgehead atoms. The van der Waals surface area contributed by atoms with Crippen molar-refractivity contribution in [3.05, 3.63) is 53.1 Å². The van der Waals surface area contributed by atoms with Crippen LogP contribution in [0.2, 0.25) is 5.02 Å². The highest BCUT2D eigenvalue weighted by Crippen LogP contribution is 2.31. The van der Waals surface area contributed by atoms with Crippen molar-refractivity contribution < 1.29 is 14.3 Å². The van der Waals surface area contributed by atoms with Gasteiger partial charge in [0.05, 0.1) is 11.2 Å². The van der Waals surface area contributed by atoms with Gasteiger partial charge in [-0.3, -0.25) is 4.79 Å². The molecule has 1 aliphatic rings. The minimum atomic E-state index is -0.393. The summed E-state index contributed by atoms with van der Waals surface area (Å²) in [7, 11) is 0. The van der Waals surface area contributed by atoms with Gasteiger partial charge < -0.3 is 9.47 Å². The fourth-order valence-corrected chi connectivity index (χ4v) is 2.62. The van der Waals surface area contributed by atoms with Gasteiger partial charge in [0.15, 0.2) is 11.5 Å². The highest BCUT2D eigenvalue weighted by molar-refractivity contribution is 6.33. The summed E-state index contributed by atoms with van der Waals surface area (Å²) >= 11 is 6.10. The maximum absolute atomic E-state index is 12.0. The predicted octanol–water partition coefficient (Wildman–Crippen LogP) is 1.87. The summed E-state index contributed by atoms with van der Waals surface area (Å²) in [6.45, 7) is 0.0731. The molecule has 1 amide bonds. The number of hydrogen-bond acceptors (Lipinski definition) is 7. The van der Waals surface area contributed by atoms with Crippen LogP contribution in [0.15, 0.2) is 47.6 Å². The Kier molecular flexibility index (Phi) is 4.67. The number of fused-ring (bicyclic) bond motifs is 1. The zero-order chi connectivity index (χ0) is 18.6. The smallest absolute Gasteiger partial charge is 0.263 e. The lowest BCUT2D eigenvalue weighted by Gasteiger charge is -1.99. The van der Waals surface area contributed by atoms with Gasteiger partial charge in [0.2, 0.25) is 12.6 Å². The summed E-state index contributed by atoms with van der Waals surface area (Å²) in [6.07, 6.45) is 1.50. The van der Waals surface area contributed by atoms with Crippen LogP contribution in [-0.4, -0.2) is 39.1 Å². The lowest BCUT2D eigenvalue weighted by molar-refractivity contribution is -0.122.